The van der Waals surface area contributed by atoms with Crippen molar-refractivity contribution in [2.75, 3.05) is 11.1 Å². The molecule has 0 fully saturated rings. The number of aromatic nitrogens is 3. The third-order valence-electron chi connectivity index (χ3n) is 1.88. The molecule has 0 aliphatic carbocycles. The molecular formula is C10H9N5O. The number of nitrogen functional groups attached to an aromatic ring is 1. The van der Waals surface area contributed by atoms with Crippen molar-refractivity contribution in [3.8, 4) is 0 Å². The molecular weight excluding hydrogens is 206 g/mol. The molecule has 80 valence electrons. The normalized spacial score (nSPS) is 9.75. The van der Waals surface area contributed by atoms with Crippen LogP contribution in [-0.2, 0) is 0 Å². The smallest absolute Gasteiger partial charge is 0.278 e. The first-order valence-corrected chi connectivity index (χ1v) is 4.55. The molecule has 6 nitrogen and oxygen atoms in total. The van der Waals surface area contributed by atoms with Crippen LogP contribution in [-0.4, -0.2) is 20.9 Å². The lowest BCUT2D eigenvalue weighted by Crippen LogP contribution is -2.16. The topological polar surface area (TPSA) is 93.8 Å². The van der Waals surface area contributed by atoms with E-state index in [0.717, 1.165) is 0 Å². The van der Waals surface area contributed by atoms with E-state index >= 15 is 0 Å². The van der Waals surface area contributed by atoms with Crippen molar-refractivity contribution in [1.82, 2.24) is 15.0 Å². The standard InChI is InChI=1S/C10H9N5O/c11-9-8(13-5-6-14-9)10(16)15-7-1-3-12-4-2-7/h1-6H,(H2,11,14)(H,12,15,16). The van der Waals surface area contributed by atoms with E-state index < -0.39 is 5.91 Å². The number of pyridine rings is 1. The highest BCUT2D eigenvalue weighted by molar-refractivity contribution is 6.05. The van der Waals surface area contributed by atoms with Crippen LogP contribution in [0.2, 0.25) is 0 Å². The fourth-order valence-corrected chi connectivity index (χ4v) is 1.15. The van der Waals surface area contributed by atoms with Crippen molar-refractivity contribution in [3.05, 3.63) is 42.6 Å². The van der Waals surface area contributed by atoms with Crippen molar-refractivity contribution in [2.45, 2.75) is 0 Å². The molecule has 0 saturated heterocycles. The van der Waals surface area contributed by atoms with Crippen molar-refractivity contribution in [1.29, 1.82) is 0 Å². The lowest BCUT2D eigenvalue weighted by Gasteiger charge is -2.04. The maximum absolute atomic E-state index is 11.7. The van der Waals surface area contributed by atoms with Gasteiger partial charge in [-0.2, -0.15) is 0 Å². The third-order valence-corrected chi connectivity index (χ3v) is 1.88. The molecule has 0 bridgehead atoms. The van der Waals surface area contributed by atoms with E-state index in [-0.39, 0.29) is 11.5 Å². The van der Waals surface area contributed by atoms with E-state index in [9.17, 15) is 4.79 Å². The minimum atomic E-state index is -0.392. The highest BCUT2D eigenvalue weighted by Gasteiger charge is 2.11. The maximum atomic E-state index is 11.7. The van der Waals surface area contributed by atoms with Crippen molar-refractivity contribution in [2.24, 2.45) is 0 Å². The highest BCUT2D eigenvalue weighted by atomic mass is 16.1. The summed E-state index contributed by atoms with van der Waals surface area (Å²) in [6.07, 6.45) is 6.00. The minimum absolute atomic E-state index is 0.106. The fourth-order valence-electron chi connectivity index (χ4n) is 1.15. The molecule has 1 amide bonds. The van der Waals surface area contributed by atoms with Crippen LogP contribution in [0.4, 0.5) is 11.5 Å². The summed E-state index contributed by atoms with van der Waals surface area (Å²) in [6.45, 7) is 0. The monoisotopic (exact) mass is 215 g/mol. The van der Waals surface area contributed by atoms with E-state index in [1.807, 2.05) is 0 Å². The summed E-state index contributed by atoms with van der Waals surface area (Å²) in [5, 5.41) is 2.64. The first-order chi connectivity index (χ1) is 7.77. The predicted molar refractivity (Wildman–Crippen MR) is 58.6 cm³/mol. The third kappa shape index (κ3) is 2.11. The van der Waals surface area contributed by atoms with Crippen LogP contribution < -0.4 is 11.1 Å². The van der Waals surface area contributed by atoms with Gasteiger partial charge in [-0.25, -0.2) is 9.97 Å². The second kappa shape index (κ2) is 4.35. The van der Waals surface area contributed by atoms with Gasteiger partial charge in [-0.1, -0.05) is 0 Å². The summed E-state index contributed by atoms with van der Waals surface area (Å²) >= 11 is 0. The number of anilines is 2. The van der Waals surface area contributed by atoms with Crippen molar-refractivity contribution < 1.29 is 4.79 Å². The molecule has 2 aromatic heterocycles. The first kappa shape index (κ1) is 10.0. The SMILES string of the molecule is Nc1nccnc1C(=O)Nc1ccncc1. The van der Waals surface area contributed by atoms with E-state index in [1.54, 1.807) is 24.5 Å². The van der Waals surface area contributed by atoms with Gasteiger partial charge >= 0.3 is 0 Å². The van der Waals surface area contributed by atoms with Crippen LogP contribution in [0.5, 0.6) is 0 Å². The van der Waals surface area contributed by atoms with Crippen molar-refractivity contribution in [3.63, 3.8) is 0 Å². The molecule has 0 aliphatic rings. The molecule has 6 heteroatoms. The van der Waals surface area contributed by atoms with Crippen LogP contribution in [0.15, 0.2) is 36.9 Å². The molecule has 0 spiro atoms. The Hall–Kier alpha value is -2.50. The van der Waals surface area contributed by atoms with Gasteiger partial charge in [0.25, 0.3) is 5.91 Å². The van der Waals surface area contributed by atoms with Gasteiger partial charge in [0, 0.05) is 30.5 Å². The Labute approximate surface area is 91.6 Å². The summed E-state index contributed by atoms with van der Waals surface area (Å²) in [7, 11) is 0. The summed E-state index contributed by atoms with van der Waals surface area (Å²) in [5.74, 6) is -0.286. The number of hydrogen-bond donors (Lipinski definition) is 2. The summed E-state index contributed by atoms with van der Waals surface area (Å²) < 4.78 is 0. The Morgan fingerprint density at radius 1 is 1.12 bits per heavy atom. The largest absolute Gasteiger partial charge is 0.382 e. The van der Waals surface area contributed by atoms with Gasteiger partial charge in [-0.15, -0.1) is 0 Å². The first-order valence-electron chi connectivity index (χ1n) is 4.55. The average molecular weight is 215 g/mol. The van der Waals surface area contributed by atoms with Gasteiger partial charge in [-0.3, -0.25) is 9.78 Å². The molecule has 0 aliphatic heterocycles. The lowest BCUT2D eigenvalue weighted by molar-refractivity contribution is 0.102. The van der Waals surface area contributed by atoms with E-state index in [0.29, 0.717) is 5.69 Å². The molecule has 0 aromatic carbocycles. The number of rotatable bonds is 2. The molecule has 0 radical (unpaired) electrons. The number of carbonyl (C=O) groups is 1. The zero-order valence-corrected chi connectivity index (χ0v) is 8.29. The van der Waals surface area contributed by atoms with Gasteiger partial charge < -0.3 is 11.1 Å². The van der Waals surface area contributed by atoms with Crippen LogP contribution in [0.1, 0.15) is 10.5 Å². The number of nitrogens with two attached hydrogens (primary N) is 1. The summed E-state index contributed by atoms with van der Waals surface area (Å²) in [6, 6.07) is 3.34. The number of hydrogen-bond acceptors (Lipinski definition) is 5. The van der Waals surface area contributed by atoms with E-state index in [1.165, 1.54) is 12.4 Å². The van der Waals surface area contributed by atoms with Crippen molar-refractivity contribution >= 4 is 17.4 Å². The Morgan fingerprint density at radius 2 is 1.81 bits per heavy atom. The number of carbonyl (C=O) groups excluding carboxylic acids is 1. The maximum Gasteiger partial charge on any atom is 0.278 e. The fraction of sp³-hybridized carbons (Fsp3) is 0. The summed E-state index contributed by atoms with van der Waals surface area (Å²) in [5.41, 5.74) is 6.27. The second-order valence-electron chi connectivity index (χ2n) is 2.98. The Balaban J connectivity index is 2.19. The summed E-state index contributed by atoms with van der Waals surface area (Å²) in [4.78, 5) is 23.2. The van der Waals surface area contributed by atoms with Crippen LogP contribution in [0.25, 0.3) is 0 Å². The molecule has 0 saturated carbocycles. The Kier molecular flexibility index (Phi) is 2.73. The minimum Gasteiger partial charge on any atom is -0.382 e. The van der Waals surface area contributed by atoms with Gasteiger partial charge in [0.15, 0.2) is 11.5 Å². The lowest BCUT2D eigenvalue weighted by atomic mass is 10.3. The Morgan fingerprint density at radius 3 is 2.50 bits per heavy atom. The molecule has 3 N–H and O–H groups in total. The molecule has 0 atom stereocenters. The quantitative estimate of drug-likeness (QED) is 0.769. The van der Waals surface area contributed by atoms with Crippen LogP contribution in [0.3, 0.4) is 0 Å². The second-order valence-corrected chi connectivity index (χ2v) is 2.98. The van der Waals surface area contributed by atoms with Crippen LogP contribution >= 0.6 is 0 Å². The number of nitrogens with one attached hydrogen (secondary N) is 1. The van der Waals surface area contributed by atoms with Gasteiger partial charge in [0.1, 0.15) is 0 Å². The van der Waals surface area contributed by atoms with E-state index in [4.69, 9.17) is 5.73 Å². The van der Waals surface area contributed by atoms with Gasteiger partial charge in [0.2, 0.25) is 0 Å². The highest BCUT2D eigenvalue weighted by Crippen LogP contribution is 2.08. The zero-order chi connectivity index (χ0) is 11.4. The molecule has 2 rings (SSSR count). The molecule has 2 heterocycles. The average Bonchev–Trinajstić information content (AvgIpc) is 2.31. The molecule has 2 aromatic rings. The number of nitrogens with zero attached hydrogens (tertiary/aromatic N) is 3. The molecule has 0 unspecified atom stereocenters. The van der Waals surface area contributed by atoms with E-state index in [2.05, 4.69) is 20.3 Å². The van der Waals surface area contributed by atoms with Gasteiger partial charge in [0.05, 0.1) is 0 Å². The number of amides is 1. The molecule has 16 heavy (non-hydrogen) atoms. The van der Waals surface area contributed by atoms with Gasteiger partial charge in [-0.05, 0) is 12.1 Å². The van der Waals surface area contributed by atoms with Crippen LogP contribution in [0, 0.1) is 0 Å². The predicted octanol–water partition coefficient (Wildman–Crippen LogP) is 0.706. The zero-order valence-electron chi connectivity index (χ0n) is 8.29. The Bertz CT molecular complexity index is 500.